The summed E-state index contributed by atoms with van der Waals surface area (Å²) in [6, 6.07) is 15.3. The molecule has 3 heterocycles. The number of nitrogens with zero attached hydrogens (tertiary/aromatic N) is 2. The number of aromatic nitrogens is 1. The van der Waals surface area contributed by atoms with E-state index in [1.54, 1.807) is 7.11 Å². The average Bonchev–Trinajstić information content (AvgIpc) is 2.97. The van der Waals surface area contributed by atoms with Crippen LogP contribution in [0.25, 0.3) is 17.3 Å². The van der Waals surface area contributed by atoms with E-state index in [1.165, 1.54) is 38.6 Å². The van der Waals surface area contributed by atoms with E-state index >= 15 is 0 Å². The Morgan fingerprint density at radius 1 is 1.12 bits per heavy atom. The number of aryl methyl sites for hydroxylation is 1. The summed E-state index contributed by atoms with van der Waals surface area (Å²) in [4.78, 5) is 10.3. The van der Waals surface area contributed by atoms with Gasteiger partial charge in [-0.05, 0) is 54.0 Å². The molecule has 1 aliphatic carbocycles. The van der Waals surface area contributed by atoms with Crippen molar-refractivity contribution >= 4 is 33.4 Å². The molecule has 5 rings (SSSR count). The Balaban J connectivity index is 1.40. The predicted octanol–water partition coefficient (Wildman–Crippen LogP) is 6.50. The second kappa shape index (κ2) is 10.4. The van der Waals surface area contributed by atoms with Crippen LogP contribution in [0.4, 0.5) is 5.69 Å². The summed E-state index contributed by atoms with van der Waals surface area (Å²) >= 11 is 0. The fourth-order valence-electron chi connectivity index (χ4n) is 4.76. The normalized spacial score (nSPS) is 18.2. The molecule has 0 saturated carbocycles. The van der Waals surface area contributed by atoms with Gasteiger partial charge in [-0.3, -0.25) is 4.98 Å². The van der Waals surface area contributed by atoms with E-state index < -0.39 is 0 Å². The molecule has 1 N–H and O–H groups in total. The molecule has 6 heteroatoms. The van der Waals surface area contributed by atoms with Crippen molar-refractivity contribution in [2.24, 2.45) is 0 Å². The highest BCUT2D eigenvalue weighted by atomic mass is 33.1. The van der Waals surface area contributed by atoms with Crippen LogP contribution in [-0.4, -0.2) is 37.8 Å². The van der Waals surface area contributed by atoms with Crippen LogP contribution in [0, 0.1) is 0 Å². The second-order valence-corrected chi connectivity index (χ2v) is 11.0. The lowest BCUT2D eigenvalue weighted by molar-refractivity contribution is 0.414. The molecular formula is C27H31N3OS2. The first-order valence-electron chi connectivity index (χ1n) is 11.8. The summed E-state index contributed by atoms with van der Waals surface area (Å²) in [6.45, 7) is 5.28. The van der Waals surface area contributed by atoms with Crippen molar-refractivity contribution < 1.29 is 4.74 Å². The minimum Gasteiger partial charge on any atom is -0.497 e. The predicted molar refractivity (Wildman–Crippen MR) is 143 cm³/mol. The lowest BCUT2D eigenvalue weighted by Crippen LogP contribution is -2.51. The molecule has 0 amide bonds. The number of fused-ring (bicyclic) bond motifs is 3. The van der Waals surface area contributed by atoms with Gasteiger partial charge in [0, 0.05) is 47.9 Å². The van der Waals surface area contributed by atoms with Crippen molar-refractivity contribution in [2.45, 2.75) is 43.5 Å². The van der Waals surface area contributed by atoms with Crippen molar-refractivity contribution in [3.63, 3.8) is 0 Å². The molecule has 0 unspecified atom stereocenters. The molecule has 172 valence electrons. The lowest BCUT2D eigenvalue weighted by atomic mass is 10.0. The topological polar surface area (TPSA) is 37.4 Å². The number of hydrogen-bond donors (Lipinski definition) is 1. The highest BCUT2D eigenvalue weighted by molar-refractivity contribution is 8.78. The van der Waals surface area contributed by atoms with E-state index in [0.29, 0.717) is 6.04 Å². The molecule has 1 aromatic carbocycles. The van der Waals surface area contributed by atoms with E-state index in [0.717, 1.165) is 50.3 Å². The zero-order valence-electron chi connectivity index (χ0n) is 19.3. The molecule has 4 nitrogen and oxygen atoms in total. The van der Waals surface area contributed by atoms with Crippen LogP contribution in [0.5, 0.6) is 5.75 Å². The van der Waals surface area contributed by atoms with Crippen LogP contribution in [0.3, 0.4) is 0 Å². The van der Waals surface area contributed by atoms with Crippen molar-refractivity contribution in [1.82, 2.24) is 10.3 Å². The number of hydrogen-bond acceptors (Lipinski definition) is 6. The summed E-state index contributed by atoms with van der Waals surface area (Å²) in [5, 5.41) is 3.76. The first kappa shape index (κ1) is 22.6. The van der Waals surface area contributed by atoms with Gasteiger partial charge in [0.05, 0.1) is 18.5 Å². The van der Waals surface area contributed by atoms with E-state index in [2.05, 4.69) is 59.6 Å². The maximum Gasteiger partial charge on any atom is 0.118 e. The van der Waals surface area contributed by atoms with Gasteiger partial charge in [-0.25, -0.2) is 0 Å². The highest BCUT2D eigenvalue weighted by Gasteiger charge is 2.31. The van der Waals surface area contributed by atoms with Crippen molar-refractivity contribution in [3.05, 3.63) is 64.7 Å². The molecule has 0 radical (unpaired) electrons. The van der Waals surface area contributed by atoms with E-state index in [1.807, 2.05) is 33.9 Å². The second-order valence-electron chi connectivity index (χ2n) is 8.69. The maximum atomic E-state index is 5.30. The standard InChI is InChI=1S/C27H31N3OS2/c1-3-6-22-17-24-26(25-23(27(24)33-32-22)7-4-5-14-29-25)30-16-15-28-20(18-30)11-8-19-9-12-21(31-2)13-10-19/h4-5,7,9-10,12-14,17,20,28H,3,6,8,11,15-16,18H2,1-2H3/t20-/m0/s1. The number of piperazine rings is 1. The van der Waals surface area contributed by atoms with Gasteiger partial charge in [-0.15, -0.1) is 0 Å². The lowest BCUT2D eigenvalue weighted by Gasteiger charge is -2.36. The number of methoxy groups -OCH3 is 1. The first-order chi connectivity index (χ1) is 16.3. The number of anilines is 1. The fraction of sp³-hybridized carbons (Fsp3) is 0.370. The Kier molecular flexibility index (Phi) is 7.14. The van der Waals surface area contributed by atoms with Crippen LogP contribution in [0.1, 0.15) is 37.3 Å². The Bertz CT molecular complexity index is 1100. The summed E-state index contributed by atoms with van der Waals surface area (Å²) in [5.74, 6) is 0.917. The van der Waals surface area contributed by atoms with Gasteiger partial charge in [-0.1, -0.05) is 59.2 Å². The molecule has 3 aliphatic heterocycles. The van der Waals surface area contributed by atoms with Gasteiger partial charge < -0.3 is 15.0 Å². The van der Waals surface area contributed by atoms with Crippen molar-refractivity contribution in [1.29, 1.82) is 0 Å². The quantitative estimate of drug-likeness (QED) is 0.392. The molecule has 4 aliphatic rings. The fourth-order valence-corrected chi connectivity index (χ4v) is 7.41. The van der Waals surface area contributed by atoms with E-state index in [-0.39, 0.29) is 0 Å². The van der Waals surface area contributed by atoms with Gasteiger partial charge in [0.15, 0.2) is 0 Å². The third-order valence-corrected chi connectivity index (χ3v) is 9.05. The van der Waals surface area contributed by atoms with Crippen molar-refractivity contribution in [2.75, 3.05) is 31.6 Å². The molecule has 0 aromatic heterocycles. The summed E-state index contributed by atoms with van der Waals surface area (Å²) < 4.78 is 5.30. The monoisotopic (exact) mass is 477 g/mol. The minimum atomic E-state index is 0.462. The van der Waals surface area contributed by atoms with Crippen molar-refractivity contribution in [3.8, 4) is 17.0 Å². The van der Waals surface area contributed by atoms with E-state index in [4.69, 9.17) is 9.72 Å². The Morgan fingerprint density at radius 3 is 2.82 bits per heavy atom. The van der Waals surface area contributed by atoms with Crippen LogP contribution < -0.4 is 15.0 Å². The summed E-state index contributed by atoms with van der Waals surface area (Å²) in [7, 11) is 5.55. The Morgan fingerprint density at radius 2 is 2.00 bits per heavy atom. The largest absolute Gasteiger partial charge is 0.497 e. The van der Waals surface area contributed by atoms with Gasteiger partial charge in [0.2, 0.25) is 0 Å². The molecule has 1 fully saturated rings. The number of allylic oxidation sites excluding steroid dienone is 1. The van der Waals surface area contributed by atoms with Crippen LogP contribution in [-0.2, 0) is 6.42 Å². The Labute approximate surface area is 204 Å². The van der Waals surface area contributed by atoms with Crippen LogP contribution in [0.2, 0.25) is 0 Å². The van der Waals surface area contributed by atoms with Gasteiger partial charge >= 0.3 is 0 Å². The van der Waals surface area contributed by atoms with Crippen LogP contribution >= 0.6 is 21.6 Å². The van der Waals surface area contributed by atoms with Crippen LogP contribution in [0.15, 0.2) is 58.5 Å². The summed E-state index contributed by atoms with van der Waals surface area (Å²) in [6.07, 6.45) is 8.88. The SMILES string of the molecule is CCCC1=Cc2c(c3ccccnc-3c2N2CCN[C@@H](CCc3ccc(OC)cc3)C2)SS1. The third kappa shape index (κ3) is 4.88. The van der Waals surface area contributed by atoms with Gasteiger partial charge in [-0.2, -0.15) is 0 Å². The molecule has 1 saturated heterocycles. The molecule has 0 spiro atoms. The average molecular weight is 478 g/mol. The highest BCUT2D eigenvalue weighted by Crippen LogP contribution is 2.56. The molecule has 1 atom stereocenters. The van der Waals surface area contributed by atoms with Gasteiger partial charge in [0.25, 0.3) is 0 Å². The number of ether oxygens (including phenoxy) is 1. The number of rotatable bonds is 7. The first-order valence-corrected chi connectivity index (χ1v) is 14.0. The number of nitrogens with one attached hydrogen (secondary N) is 1. The van der Waals surface area contributed by atoms with Gasteiger partial charge in [0.1, 0.15) is 5.75 Å². The summed E-state index contributed by atoms with van der Waals surface area (Å²) in [5.41, 5.74) is 6.49. The molecule has 0 bridgehead atoms. The maximum absolute atomic E-state index is 5.30. The number of benzene rings is 1. The molecule has 33 heavy (non-hydrogen) atoms. The molecule has 1 aromatic rings. The zero-order chi connectivity index (χ0) is 22.6. The third-order valence-electron chi connectivity index (χ3n) is 6.43. The zero-order valence-corrected chi connectivity index (χ0v) is 21.0. The molecular weight excluding hydrogens is 446 g/mol. The van der Waals surface area contributed by atoms with E-state index in [9.17, 15) is 0 Å². The smallest absolute Gasteiger partial charge is 0.118 e. The Hall–Kier alpha value is -2.15. The minimum absolute atomic E-state index is 0.462.